The normalized spacial score (nSPS) is 10.4. The van der Waals surface area contributed by atoms with E-state index in [1.807, 2.05) is 0 Å². The summed E-state index contributed by atoms with van der Waals surface area (Å²) in [5.74, 6) is 0.494. The molecular formula is C8H6ClN5. The van der Waals surface area contributed by atoms with Crippen molar-refractivity contribution in [2.45, 2.75) is 0 Å². The van der Waals surface area contributed by atoms with E-state index in [-0.39, 0.29) is 5.95 Å². The molecule has 0 aromatic carbocycles. The Morgan fingerprint density at radius 2 is 2.21 bits per heavy atom. The molecule has 2 aromatic rings. The second-order valence-corrected chi connectivity index (χ2v) is 3.02. The first-order valence-corrected chi connectivity index (χ1v) is 4.14. The molecule has 0 saturated heterocycles. The van der Waals surface area contributed by atoms with Gasteiger partial charge in [-0.2, -0.15) is 4.98 Å². The largest absolute Gasteiger partial charge is 0.368 e. The quantitative estimate of drug-likeness (QED) is 0.721. The van der Waals surface area contributed by atoms with Gasteiger partial charge in [0.1, 0.15) is 5.52 Å². The Hall–Kier alpha value is -1.75. The van der Waals surface area contributed by atoms with Gasteiger partial charge in [-0.3, -0.25) is 0 Å². The van der Waals surface area contributed by atoms with E-state index in [1.54, 1.807) is 6.07 Å². The van der Waals surface area contributed by atoms with Crippen LogP contribution in [0.2, 0.25) is 5.02 Å². The zero-order valence-corrected chi connectivity index (χ0v) is 7.86. The summed E-state index contributed by atoms with van der Waals surface area (Å²) in [5, 5.41) is 0.491. The Morgan fingerprint density at radius 1 is 1.43 bits per heavy atom. The zero-order chi connectivity index (χ0) is 10.1. The highest BCUT2D eigenvalue weighted by Crippen LogP contribution is 2.22. The molecule has 5 nitrogen and oxygen atoms in total. The molecule has 2 N–H and O–H groups in total. The van der Waals surface area contributed by atoms with E-state index < -0.39 is 0 Å². The van der Waals surface area contributed by atoms with Gasteiger partial charge in [0.15, 0.2) is 5.82 Å². The van der Waals surface area contributed by atoms with Crippen LogP contribution in [0, 0.1) is 0 Å². The Kier molecular flexibility index (Phi) is 2.01. The number of pyridine rings is 1. The van der Waals surface area contributed by atoms with Crippen LogP contribution in [-0.2, 0) is 0 Å². The summed E-state index contributed by atoms with van der Waals surface area (Å²) in [7, 11) is 0. The van der Waals surface area contributed by atoms with Crippen molar-refractivity contribution in [2.24, 2.45) is 4.99 Å². The van der Waals surface area contributed by atoms with E-state index in [2.05, 4.69) is 26.7 Å². The van der Waals surface area contributed by atoms with Gasteiger partial charge >= 0.3 is 0 Å². The Morgan fingerprint density at radius 3 is 2.93 bits per heavy atom. The molecule has 0 radical (unpaired) electrons. The van der Waals surface area contributed by atoms with Gasteiger partial charge in [-0.25, -0.2) is 15.0 Å². The van der Waals surface area contributed by atoms with Crippen LogP contribution < -0.4 is 5.73 Å². The van der Waals surface area contributed by atoms with E-state index in [1.165, 1.54) is 6.20 Å². The van der Waals surface area contributed by atoms with Gasteiger partial charge < -0.3 is 5.73 Å². The summed E-state index contributed by atoms with van der Waals surface area (Å²) >= 11 is 5.76. The fraction of sp³-hybridized carbons (Fsp3) is 0. The van der Waals surface area contributed by atoms with Gasteiger partial charge in [0.25, 0.3) is 0 Å². The molecule has 0 aliphatic carbocycles. The van der Waals surface area contributed by atoms with E-state index in [9.17, 15) is 0 Å². The minimum atomic E-state index is 0.129. The van der Waals surface area contributed by atoms with Crippen LogP contribution in [0.25, 0.3) is 11.0 Å². The number of nitrogens with zero attached hydrogens (tertiary/aromatic N) is 4. The number of aliphatic imine (C=N–C) groups is 1. The molecule has 0 unspecified atom stereocenters. The average Bonchev–Trinajstić information content (AvgIpc) is 2.15. The number of nitrogen functional groups attached to an aromatic ring is 1. The minimum absolute atomic E-state index is 0.129. The highest BCUT2D eigenvalue weighted by molar-refractivity contribution is 6.31. The lowest BCUT2D eigenvalue weighted by Gasteiger charge is -2.00. The number of rotatable bonds is 1. The monoisotopic (exact) mass is 207 g/mol. The van der Waals surface area contributed by atoms with Crippen LogP contribution >= 0.6 is 11.6 Å². The molecule has 0 spiro atoms. The second-order valence-electron chi connectivity index (χ2n) is 2.58. The predicted molar refractivity (Wildman–Crippen MR) is 56.0 cm³/mol. The number of hydrogen-bond acceptors (Lipinski definition) is 5. The van der Waals surface area contributed by atoms with Crippen LogP contribution in [-0.4, -0.2) is 21.7 Å². The van der Waals surface area contributed by atoms with Gasteiger partial charge in [-0.1, -0.05) is 11.6 Å². The topological polar surface area (TPSA) is 77.0 Å². The van der Waals surface area contributed by atoms with Crippen LogP contribution in [0.5, 0.6) is 0 Å². The molecule has 0 saturated carbocycles. The van der Waals surface area contributed by atoms with Gasteiger partial charge in [0.05, 0.1) is 10.5 Å². The third-order valence-electron chi connectivity index (χ3n) is 1.65. The molecule has 0 aliphatic rings. The van der Waals surface area contributed by atoms with Crippen molar-refractivity contribution in [2.75, 3.05) is 5.73 Å². The first-order chi connectivity index (χ1) is 6.70. The van der Waals surface area contributed by atoms with Crippen LogP contribution in [0.15, 0.2) is 17.3 Å². The second kappa shape index (κ2) is 3.19. The molecule has 70 valence electrons. The highest BCUT2D eigenvalue weighted by Gasteiger charge is 2.05. The molecule has 0 aliphatic heterocycles. The number of anilines is 1. The number of nitrogens with two attached hydrogens (primary N) is 1. The fourth-order valence-corrected chi connectivity index (χ4v) is 1.26. The van der Waals surface area contributed by atoms with Crippen molar-refractivity contribution >= 4 is 41.1 Å². The number of halogens is 1. The SMILES string of the molecule is C=Nc1nc(N)nc2cc(Cl)cnc12. The number of fused-ring (bicyclic) bond motifs is 1. The zero-order valence-electron chi connectivity index (χ0n) is 7.11. The molecule has 2 heterocycles. The first kappa shape index (κ1) is 8.83. The van der Waals surface area contributed by atoms with Gasteiger partial charge in [0.2, 0.25) is 5.95 Å². The summed E-state index contributed by atoms with van der Waals surface area (Å²) in [6.45, 7) is 3.38. The molecule has 0 amide bonds. The first-order valence-electron chi connectivity index (χ1n) is 3.76. The standard InChI is InChI=1S/C8H6ClN5/c1-11-7-6-5(13-8(10)14-7)2-4(9)3-12-6/h2-3H,1H2,(H2,10,13,14). The molecule has 14 heavy (non-hydrogen) atoms. The Labute approximate surface area is 84.7 Å². The van der Waals surface area contributed by atoms with Crippen LogP contribution in [0.4, 0.5) is 11.8 Å². The Balaban J connectivity index is 2.87. The van der Waals surface area contributed by atoms with Crippen molar-refractivity contribution < 1.29 is 0 Å². The highest BCUT2D eigenvalue weighted by atomic mass is 35.5. The lowest BCUT2D eigenvalue weighted by molar-refractivity contribution is 1.20. The maximum atomic E-state index is 5.76. The lowest BCUT2D eigenvalue weighted by Crippen LogP contribution is -1.96. The number of aromatic nitrogens is 3. The van der Waals surface area contributed by atoms with Crippen molar-refractivity contribution in [1.82, 2.24) is 15.0 Å². The molecule has 2 rings (SSSR count). The van der Waals surface area contributed by atoms with E-state index >= 15 is 0 Å². The third kappa shape index (κ3) is 1.38. The average molecular weight is 208 g/mol. The Bertz CT molecular complexity index is 505. The number of hydrogen-bond donors (Lipinski definition) is 1. The summed E-state index contributed by atoms with van der Waals surface area (Å²) < 4.78 is 0. The van der Waals surface area contributed by atoms with Crippen molar-refractivity contribution in [3.63, 3.8) is 0 Å². The van der Waals surface area contributed by atoms with E-state index in [4.69, 9.17) is 17.3 Å². The van der Waals surface area contributed by atoms with Gasteiger partial charge in [-0.05, 0) is 12.8 Å². The summed E-state index contributed by atoms with van der Waals surface area (Å²) in [5.41, 5.74) is 6.57. The smallest absolute Gasteiger partial charge is 0.222 e. The third-order valence-corrected chi connectivity index (χ3v) is 1.86. The lowest BCUT2D eigenvalue weighted by atomic mass is 10.3. The van der Waals surface area contributed by atoms with Crippen molar-refractivity contribution in [3.05, 3.63) is 17.3 Å². The van der Waals surface area contributed by atoms with Crippen LogP contribution in [0.1, 0.15) is 0 Å². The van der Waals surface area contributed by atoms with Gasteiger partial charge in [0, 0.05) is 6.20 Å². The minimum Gasteiger partial charge on any atom is -0.368 e. The fourth-order valence-electron chi connectivity index (χ4n) is 1.11. The van der Waals surface area contributed by atoms with E-state index in [0.717, 1.165) is 0 Å². The molecule has 0 atom stereocenters. The summed E-state index contributed by atoms with van der Waals surface area (Å²) in [4.78, 5) is 15.6. The summed E-state index contributed by atoms with van der Waals surface area (Å²) in [6, 6.07) is 1.65. The van der Waals surface area contributed by atoms with Gasteiger partial charge in [-0.15, -0.1) is 0 Å². The maximum Gasteiger partial charge on any atom is 0.222 e. The molecule has 2 aromatic heterocycles. The molecule has 0 fully saturated rings. The van der Waals surface area contributed by atoms with Crippen LogP contribution in [0.3, 0.4) is 0 Å². The van der Waals surface area contributed by atoms with Crippen molar-refractivity contribution in [3.8, 4) is 0 Å². The summed E-state index contributed by atoms with van der Waals surface area (Å²) in [6.07, 6.45) is 1.50. The predicted octanol–water partition coefficient (Wildman–Crippen LogP) is 1.59. The molecular weight excluding hydrogens is 202 g/mol. The molecule has 0 bridgehead atoms. The van der Waals surface area contributed by atoms with E-state index in [0.29, 0.717) is 21.9 Å². The van der Waals surface area contributed by atoms with Crippen molar-refractivity contribution in [1.29, 1.82) is 0 Å². The maximum absolute atomic E-state index is 5.76. The molecule has 6 heteroatoms.